The molecule has 0 amide bonds. The summed E-state index contributed by atoms with van der Waals surface area (Å²) in [6.07, 6.45) is 0. The number of imidazole rings is 1. The van der Waals surface area contributed by atoms with E-state index in [1.165, 1.54) is 0 Å². The van der Waals surface area contributed by atoms with E-state index in [9.17, 15) is 9.59 Å². The van der Waals surface area contributed by atoms with E-state index in [-0.39, 0.29) is 11.6 Å². The number of carbonyl (C=O) groups is 2. The maximum absolute atomic E-state index is 10.6. The molecule has 0 radical (unpaired) electrons. The van der Waals surface area contributed by atoms with Crippen molar-refractivity contribution in [3.8, 4) is 0 Å². The Kier molecular flexibility index (Phi) is 2.55. The average molecular weight is 198 g/mol. The third-order valence-corrected chi connectivity index (χ3v) is 1.69. The Bertz CT molecular complexity index is 349. The molecule has 1 aromatic rings. The van der Waals surface area contributed by atoms with Crippen LogP contribution in [0.25, 0.3) is 0 Å². The number of nitrogens with one attached hydrogen (secondary N) is 1. The van der Waals surface area contributed by atoms with Gasteiger partial charge in [0.1, 0.15) is 5.82 Å². The third-order valence-electron chi connectivity index (χ3n) is 1.69. The number of rotatable bonds is 3. The van der Waals surface area contributed by atoms with Gasteiger partial charge in [0.05, 0.1) is 0 Å². The molecule has 0 aliphatic rings. The molecule has 14 heavy (non-hydrogen) atoms. The van der Waals surface area contributed by atoms with Crippen molar-refractivity contribution in [3.05, 3.63) is 17.2 Å². The van der Waals surface area contributed by atoms with Crippen molar-refractivity contribution in [2.24, 2.45) is 0 Å². The van der Waals surface area contributed by atoms with Crippen molar-refractivity contribution in [1.29, 1.82) is 0 Å². The molecule has 0 aromatic carbocycles. The summed E-state index contributed by atoms with van der Waals surface area (Å²) >= 11 is 0. The molecule has 0 aliphatic heterocycles. The van der Waals surface area contributed by atoms with E-state index in [1.54, 1.807) is 13.8 Å². The van der Waals surface area contributed by atoms with Crippen LogP contribution in [-0.4, -0.2) is 32.1 Å². The summed E-state index contributed by atoms with van der Waals surface area (Å²) in [6, 6.07) is 0. The molecule has 6 heteroatoms. The van der Waals surface area contributed by atoms with Crippen LogP contribution in [0.15, 0.2) is 0 Å². The van der Waals surface area contributed by atoms with Gasteiger partial charge >= 0.3 is 11.9 Å². The summed E-state index contributed by atoms with van der Waals surface area (Å²) < 4.78 is 0. The van der Waals surface area contributed by atoms with E-state index in [0.717, 1.165) is 0 Å². The van der Waals surface area contributed by atoms with Crippen molar-refractivity contribution < 1.29 is 19.8 Å². The molecule has 6 nitrogen and oxygen atoms in total. The first-order valence-electron chi connectivity index (χ1n) is 4.00. The molecule has 0 atom stereocenters. The molecule has 0 spiro atoms. The maximum Gasteiger partial charge on any atom is 0.357 e. The predicted molar refractivity (Wildman–Crippen MR) is 46.6 cm³/mol. The molecule has 0 bridgehead atoms. The van der Waals surface area contributed by atoms with Gasteiger partial charge in [-0.25, -0.2) is 14.6 Å². The van der Waals surface area contributed by atoms with Gasteiger partial charge < -0.3 is 15.2 Å². The smallest absolute Gasteiger partial charge is 0.357 e. The van der Waals surface area contributed by atoms with Crippen LogP contribution in [-0.2, 0) is 0 Å². The van der Waals surface area contributed by atoms with Crippen LogP contribution in [0, 0.1) is 0 Å². The minimum Gasteiger partial charge on any atom is -0.477 e. The Balaban J connectivity index is 3.26. The Morgan fingerprint density at radius 3 is 2.14 bits per heavy atom. The van der Waals surface area contributed by atoms with E-state index >= 15 is 0 Å². The van der Waals surface area contributed by atoms with Gasteiger partial charge in [-0.15, -0.1) is 0 Å². The maximum atomic E-state index is 10.6. The highest BCUT2D eigenvalue weighted by atomic mass is 16.4. The number of carboxylic acids is 2. The number of hydrogen-bond acceptors (Lipinski definition) is 3. The standard InChI is InChI=1S/C8H10N2O4/c1-3(2)6-9-4(7(11)12)5(10-6)8(13)14/h3H,1-2H3,(H,9,10)(H,11,12)(H,13,14). The number of carboxylic acid groups (broad SMARTS) is 2. The quantitative estimate of drug-likeness (QED) is 0.670. The SMILES string of the molecule is CC(C)c1nc(C(=O)O)c(C(=O)O)[nH]1. The van der Waals surface area contributed by atoms with Gasteiger partial charge in [-0.05, 0) is 0 Å². The van der Waals surface area contributed by atoms with Gasteiger partial charge in [-0.1, -0.05) is 13.8 Å². The highest BCUT2D eigenvalue weighted by molar-refractivity contribution is 5.98. The lowest BCUT2D eigenvalue weighted by atomic mass is 10.2. The summed E-state index contributed by atoms with van der Waals surface area (Å²) in [6.45, 7) is 3.58. The zero-order chi connectivity index (χ0) is 10.9. The number of H-pyrrole nitrogens is 1. The lowest BCUT2D eigenvalue weighted by molar-refractivity contribution is 0.0644. The van der Waals surface area contributed by atoms with Crippen LogP contribution in [0.5, 0.6) is 0 Å². The molecule has 3 N–H and O–H groups in total. The summed E-state index contributed by atoms with van der Waals surface area (Å²) in [5.41, 5.74) is -0.817. The number of aromatic carboxylic acids is 2. The van der Waals surface area contributed by atoms with Crippen molar-refractivity contribution >= 4 is 11.9 Å². The van der Waals surface area contributed by atoms with E-state index < -0.39 is 17.6 Å². The second kappa shape index (κ2) is 3.49. The van der Waals surface area contributed by atoms with Crippen LogP contribution < -0.4 is 0 Å². The van der Waals surface area contributed by atoms with E-state index in [4.69, 9.17) is 10.2 Å². The summed E-state index contributed by atoms with van der Waals surface area (Å²) in [5.74, 6) is -2.34. The van der Waals surface area contributed by atoms with Crippen LogP contribution in [0.4, 0.5) is 0 Å². The molecule has 1 heterocycles. The lowest BCUT2D eigenvalue weighted by Crippen LogP contribution is -2.07. The monoisotopic (exact) mass is 198 g/mol. The summed E-state index contributed by atoms with van der Waals surface area (Å²) in [5, 5.41) is 17.3. The second-order valence-electron chi connectivity index (χ2n) is 3.11. The average Bonchev–Trinajstić information content (AvgIpc) is 2.47. The first-order valence-corrected chi connectivity index (χ1v) is 4.00. The first kappa shape index (κ1) is 10.2. The van der Waals surface area contributed by atoms with Crippen molar-refractivity contribution in [1.82, 2.24) is 9.97 Å². The third kappa shape index (κ3) is 1.73. The van der Waals surface area contributed by atoms with Gasteiger partial charge in [0.15, 0.2) is 11.4 Å². The molecular weight excluding hydrogens is 188 g/mol. The molecule has 0 unspecified atom stereocenters. The minimum absolute atomic E-state index is 0.0406. The second-order valence-corrected chi connectivity index (χ2v) is 3.11. The van der Waals surface area contributed by atoms with Crippen LogP contribution in [0.1, 0.15) is 46.6 Å². The number of aromatic nitrogens is 2. The van der Waals surface area contributed by atoms with Crippen LogP contribution in [0.3, 0.4) is 0 Å². The number of hydrogen-bond donors (Lipinski definition) is 3. The molecule has 1 aromatic heterocycles. The van der Waals surface area contributed by atoms with Gasteiger partial charge in [0.2, 0.25) is 0 Å². The molecule has 0 fully saturated rings. The molecule has 0 saturated heterocycles. The molecule has 76 valence electrons. The van der Waals surface area contributed by atoms with E-state index in [2.05, 4.69) is 9.97 Å². The summed E-state index contributed by atoms with van der Waals surface area (Å²) in [4.78, 5) is 27.4. The Morgan fingerprint density at radius 2 is 1.86 bits per heavy atom. The van der Waals surface area contributed by atoms with Crippen molar-refractivity contribution in [3.63, 3.8) is 0 Å². The predicted octanol–water partition coefficient (Wildman–Crippen LogP) is 0.929. The lowest BCUT2D eigenvalue weighted by Gasteiger charge is -1.96. The van der Waals surface area contributed by atoms with E-state index in [1.807, 2.05) is 0 Å². The van der Waals surface area contributed by atoms with Gasteiger partial charge in [-0.3, -0.25) is 0 Å². The zero-order valence-corrected chi connectivity index (χ0v) is 7.74. The van der Waals surface area contributed by atoms with Crippen LogP contribution in [0.2, 0.25) is 0 Å². The van der Waals surface area contributed by atoms with Gasteiger partial charge in [-0.2, -0.15) is 0 Å². The fourth-order valence-electron chi connectivity index (χ4n) is 0.975. The molecule has 0 saturated carbocycles. The Hall–Kier alpha value is -1.85. The van der Waals surface area contributed by atoms with Crippen LogP contribution >= 0.6 is 0 Å². The van der Waals surface area contributed by atoms with Gasteiger partial charge in [0.25, 0.3) is 0 Å². The first-order chi connectivity index (χ1) is 6.43. The van der Waals surface area contributed by atoms with Crippen molar-refractivity contribution in [2.45, 2.75) is 19.8 Å². The Morgan fingerprint density at radius 1 is 1.29 bits per heavy atom. The fourth-order valence-corrected chi connectivity index (χ4v) is 0.975. The zero-order valence-electron chi connectivity index (χ0n) is 7.74. The highest BCUT2D eigenvalue weighted by Crippen LogP contribution is 2.14. The largest absolute Gasteiger partial charge is 0.477 e. The highest BCUT2D eigenvalue weighted by Gasteiger charge is 2.22. The molecule has 1 rings (SSSR count). The van der Waals surface area contributed by atoms with Gasteiger partial charge in [0, 0.05) is 5.92 Å². The number of aromatic amines is 1. The summed E-state index contributed by atoms with van der Waals surface area (Å²) in [7, 11) is 0. The van der Waals surface area contributed by atoms with Crippen molar-refractivity contribution in [2.75, 3.05) is 0 Å². The minimum atomic E-state index is -1.34. The van der Waals surface area contributed by atoms with E-state index in [0.29, 0.717) is 5.82 Å². The fraction of sp³-hybridized carbons (Fsp3) is 0.375. The normalized spacial score (nSPS) is 10.5. The number of nitrogens with zero attached hydrogens (tertiary/aromatic N) is 1. The topological polar surface area (TPSA) is 103 Å². The molecular formula is C8H10N2O4. The molecule has 0 aliphatic carbocycles. The Labute approximate surface area is 79.6 Å².